The summed E-state index contributed by atoms with van der Waals surface area (Å²) in [6.07, 6.45) is 1.78. The molecule has 0 amide bonds. The Morgan fingerprint density at radius 3 is 2.33 bits per heavy atom. The molecule has 0 saturated heterocycles. The molecule has 2 rings (SSSR count). The van der Waals surface area contributed by atoms with Crippen molar-refractivity contribution in [2.24, 2.45) is 0 Å². The minimum atomic E-state index is -0.531. The van der Waals surface area contributed by atoms with Crippen molar-refractivity contribution in [1.29, 1.82) is 0 Å². The van der Waals surface area contributed by atoms with Crippen LogP contribution in [0.4, 0.5) is 0 Å². The number of aliphatic hydroxyl groups is 1. The van der Waals surface area contributed by atoms with Crippen LogP contribution in [-0.4, -0.2) is 10.1 Å². The Kier molecular flexibility index (Phi) is 4.11. The lowest BCUT2D eigenvalue weighted by Crippen LogP contribution is -2.03. The van der Waals surface area contributed by atoms with Gasteiger partial charge < -0.3 is 5.11 Å². The van der Waals surface area contributed by atoms with Crippen LogP contribution in [0, 0.1) is 0 Å². The van der Waals surface area contributed by atoms with E-state index in [9.17, 15) is 5.11 Å². The molecule has 0 fully saturated rings. The third-order valence-corrected chi connectivity index (χ3v) is 3.10. The highest BCUT2D eigenvalue weighted by molar-refractivity contribution is 5.25. The summed E-state index contributed by atoms with van der Waals surface area (Å²) in [7, 11) is 0. The summed E-state index contributed by atoms with van der Waals surface area (Å²) >= 11 is 0. The lowest BCUT2D eigenvalue weighted by atomic mass is 9.99. The lowest BCUT2D eigenvalue weighted by Gasteiger charge is -2.11. The summed E-state index contributed by atoms with van der Waals surface area (Å²) < 4.78 is 0. The van der Waals surface area contributed by atoms with Gasteiger partial charge in [-0.3, -0.25) is 4.98 Å². The van der Waals surface area contributed by atoms with Crippen LogP contribution in [0.5, 0.6) is 0 Å². The summed E-state index contributed by atoms with van der Waals surface area (Å²) in [6, 6.07) is 14.0. The average Bonchev–Trinajstić information content (AvgIpc) is 2.40. The molecule has 1 aromatic heterocycles. The van der Waals surface area contributed by atoms with Crippen LogP contribution in [0.2, 0.25) is 0 Å². The number of pyridine rings is 1. The van der Waals surface area contributed by atoms with Crippen molar-refractivity contribution < 1.29 is 5.11 Å². The minimum absolute atomic E-state index is 0.531. The molecule has 0 aliphatic heterocycles. The van der Waals surface area contributed by atoms with Gasteiger partial charge in [0.05, 0.1) is 11.8 Å². The molecule has 0 spiro atoms. The van der Waals surface area contributed by atoms with Gasteiger partial charge in [-0.05, 0) is 29.2 Å². The normalized spacial score (nSPS) is 12.7. The van der Waals surface area contributed by atoms with Crippen molar-refractivity contribution in [2.45, 2.75) is 32.3 Å². The molecule has 1 atom stereocenters. The van der Waals surface area contributed by atoms with Gasteiger partial charge in [0.25, 0.3) is 0 Å². The van der Waals surface area contributed by atoms with Crippen molar-refractivity contribution in [3.05, 3.63) is 65.5 Å². The first kappa shape index (κ1) is 12.8. The molecule has 0 aliphatic carbocycles. The molecule has 18 heavy (non-hydrogen) atoms. The van der Waals surface area contributed by atoms with Crippen molar-refractivity contribution in [3.8, 4) is 0 Å². The van der Waals surface area contributed by atoms with Crippen LogP contribution >= 0.6 is 0 Å². The maximum atomic E-state index is 10.1. The molecular formula is C16H19NO. The minimum Gasteiger partial charge on any atom is -0.386 e. The van der Waals surface area contributed by atoms with Gasteiger partial charge in [-0.2, -0.15) is 0 Å². The molecular weight excluding hydrogens is 222 g/mol. The van der Waals surface area contributed by atoms with Gasteiger partial charge in [0, 0.05) is 12.6 Å². The number of nitrogens with zero attached hydrogens (tertiary/aromatic N) is 1. The van der Waals surface area contributed by atoms with E-state index in [2.05, 4.69) is 43.1 Å². The maximum absolute atomic E-state index is 10.1. The van der Waals surface area contributed by atoms with E-state index in [4.69, 9.17) is 0 Å². The first-order chi connectivity index (χ1) is 8.66. The fourth-order valence-corrected chi connectivity index (χ4v) is 1.94. The Morgan fingerprint density at radius 2 is 1.78 bits per heavy atom. The van der Waals surface area contributed by atoms with Gasteiger partial charge in [-0.1, -0.05) is 44.2 Å². The summed E-state index contributed by atoms with van der Waals surface area (Å²) in [4.78, 5) is 4.17. The number of hydrogen-bond acceptors (Lipinski definition) is 2. The monoisotopic (exact) mass is 241 g/mol. The zero-order valence-electron chi connectivity index (χ0n) is 10.9. The number of rotatable bonds is 4. The van der Waals surface area contributed by atoms with Crippen LogP contribution < -0.4 is 0 Å². The smallest absolute Gasteiger partial charge is 0.0999 e. The molecule has 2 heteroatoms. The van der Waals surface area contributed by atoms with E-state index >= 15 is 0 Å². The van der Waals surface area contributed by atoms with E-state index in [1.807, 2.05) is 18.2 Å². The van der Waals surface area contributed by atoms with Crippen molar-refractivity contribution in [2.75, 3.05) is 0 Å². The Bertz CT molecular complexity index is 476. The predicted molar refractivity (Wildman–Crippen MR) is 73.4 cm³/mol. The molecule has 0 bridgehead atoms. The van der Waals surface area contributed by atoms with Gasteiger partial charge in [-0.25, -0.2) is 0 Å². The zero-order valence-corrected chi connectivity index (χ0v) is 10.9. The summed E-state index contributed by atoms with van der Waals surface area (Å²) in [5.41, 5.74) is 3.19. The Balaban J connectivity index is 2.05. The molecule has 1 unspecified atom stereocenters. The van der Waals surface area contributed by atoms with Crippen molar-refractivity contribution >= 4 is 0 Å². The van der Waals surface area contributed by atoms with Crippen LogP contribution in [0.25, 0.3) is 0 Å². The number of hydrogen-bond donors (Lipinski definition) is 1. The number of aromatic nitrogens is 1. The fraction of sp³-hybridized carbons (Fsp3) is 0.312. The summed E-state index contributed by atoms with van der Waals surface area (Å²) in [5, 5.41) is 10.1. The average molecular weight is 241 g/mol. The van der Waals surface area contributed by atoms with E-state index in [-0.39, 0.29) is 0 Å². The molecule has 0 radical (unpaired) electrons. The van der Waals surface area contributed by atoms with Gasteiger partial charge in [0.1, 0.15) is 0 Å². The number of aliphatic hydroxyl groups excluding tert-OH is 1. The first-order valence-electron chi connectivity index (χ1n) is 6.34. The maximum Gasteiger partial charge on any atom is 0.0999 e. The molecule has 2 nitrogen and oxygen atoms in total. The van der Waals surface area contributed by atoms with E-state index in [0.717, 1.165) is 11.3 Å². The van der Waals surface area contributed by atoms with Gasteiger partial charge in [-0.15, -0.1) is 0 Å². The second kappa shape index (κ2) is 5.78. The fourth-order valence-electron chi connectivity index (χ4n) is 1.94. The summed E-state index contributed by atoms with van der Waals surface area (Å²) in [5.74, 6) is 0.541. The van der Waals surface area contributed by atoms with E-state index < -0.39 is 6.10 Å². The quantitative estimate of drug-likeness (QED) is 0.889. The second-order valence-corrected chi connectivity index (χ2v) is 4.87. The molecule has 0 saturated carbocycles. The van der Waals surface area contributed by atoms with Crippen molar-refractivity contribution in [1.82, 2.24) is 4.98 Å². The van der Waals surface area contributed by atoms with Crippen LogP contribution in [0.3, 0.4) is 0 Å². The SMILES string of the molecule is CC(C)c1ccc(CC(O)c2ccccn2)cc1. The molecule has 1 heterocycles. The van der Waals surface area contributed by atoms with Crippen molar-refractivity contribution in [3.63, 3.8) is 0 Å². The highest BCUT2D eigenvalue weighted by Gasteiger charge is 2.09. The van der Waals surface area contributed by atoms with Crippen LogP contribution in [0.15, 0.2) is 48.7 Å². The van der Waals surface area contributed by atoms with Gasteiger partial charge >= 0.3 is 0 Å². The van der Waals surface area contributed by atoms with Gasteiger partial charge in [0.2, 0.25) is 0 Å². The Labute approximate surface area is 108 Å². The molecule has 1 N–H and O–H groups in total. The van der Waals surface area contributed by atoms with E-state index in [1.54, 1.807) is 6.20 Å². The molecule has 2 aromatic rings. The molecule has 94 valence electrons. The third kappa shape index (κ3) is 3.17. The summed E-state index contributed by atoms with van der Waals surface area (Å²) in [6.45, 7) is 4.36. The van der Waals surface area contributed by atoms with Gasteiger partial charge in [0.15, 0.2) is 0 Å². The largest absolute Gasteiger partial charge is 0.386 e. The molecule has 0 aliphatic rings. The highest BCUT2D eigenvalue weighted by atomic mass is 16.3. The zero-order chi connectivity index (χ0) is 13.0. The highest BCUT2D eigenvalue weighted by Crippen LogP contribution is 2.19. The second-order valence-electron chi connectivity index (χ2n) is 4.87. The predicted octanol–water partition coefficient (Wildman–Crippen LogP) is 3.48. The number of benzene rings is 1. The van der Waals surface area contributed by atoms with Crippen LogP contribution in [0.1, 0.15) is 42.7 Å². The third-order valence-electron chi connectivity index (χ3n) is 3.10. The topological polar surface area (TPSA) is 33.1 Å². The van der Waals surface area contributed by atoms with E-state index in [0.29, 0.717) is 12.3 Å². The first-order valence-corrected chi connectivity index (χ1v) is 6.34. The van der Waals surface area contributed by atoms with E-state index in [1.165, 1.54) is 5.56 Å². The standard InChI is InChI=1S/C16H19NO/c1-12(2)14-8-6-13(7-9-14)11-16(18)15-5-3-4-10-17-15/h3-10,12,16,18H,11H2,1-2H3. The Hall–Kier alpha value is -1.67. The molecule has 1 aromatic carbocycles. The Morgan fingerprint density at radius 1 is 1.06 bits per heavy atom. The van der Waals surface area contributed by atoms with Crippen LogP contribution in [-0.2, 0) is 6.42 Å². The lowest BCUT2D eigenvalue weighted by molar-refractivity contribution is 0.173.